The maximum atomic E-state index is 13.0. The van der Waals surface area contributed by atoms with Crippen molar-refractivity contribution in [3.63, 3.8) is 0 Å². The van der Waals surface area contributed by atoms with Crippen molar-refractivity contribution in [2.75, 3.05) is 14.2 Å². The van der Waals surface area contributed by atoms with E-state index in [2.05, 4.69) is 4.74 Å². The van der Waals surface area contributed by atoms with Crippen LogP contribution in [-0.4, -0.2) is 14.2 Å². The molecule has 0 aliphatic heterocycles. The van der Waals surface area contributed by atoms with E-state index in [1.165, 1.54) is 6.07 Å². The number of hydrogen-bond acceptors (Lipinski definition) is 1. The summed E-state index contributed by atoms with van der Waals surface area (Å²) in [5.41, 5.74) is 0. The highest BCUT2D eigenvalue weighted by Gasteiger charge is 1.95. The van der Waals surface area contributed by atoms with E-state index in [0.717, 1.165) is 5.39 Å². The summed E-state index contributed by atoms with van der Waals surface area (Å²) in [5.74, 6) is -0.150. The Morgan fingerprint density at radius 3 is 2.14 bits per heavy atom. The Kier molecular flexibility index (Phi) is 4.08. The summed E-state index contributed by atoms with van der Waals surface area (Å²) in [6, 6.07) is 12.5. The van der Waals surface area contributed by atoms with Gasteiger partial charge in [0.05, 0.1) is 0 Å². The lowest BCUT2D eigenvalue weighted by Crippen LogP contribution is -1.76. The van der Waals surface area contributed by atoms with Crippen molar-refractivity contribution >= 4 is 10.8 Å². The Balaban J connectivity index is 0.000000293. The molecule has 0 bridgehead atoms. The highest BCUT2D eigenvalue weighted by molar-refractivity contribution is 5.82. The van der Waals surface area contributed by atoms with Crippen LogP contribution >= 0.6 is 0 Å². The van der Waals surface area contributed by atoms with Crippen molar-refractivity contribution in [3.05, 3.63) is 48.3 Å². The molecule has 74 valence electrons. The van der Waals surface area contributed by atoms with Crippen LogP contribution < -0.4 is 0 Å². The van der Waals surface area contributed by atoms with Gasteiger partial charge in [0.1, 0.15) is 5.82 Å². The first-order chi connectivity index (χ1) is 6.79. The molecule has 0 saturated carbocycles. The standard InChI is InChI=1S/C10H7F.C2H6O/c11-10-7-3-5-8-4-1-2-6-9(8)10;1-3-2/h1-7H;1-2H3. The Labute approximate surface area is 83.1 Å². The molecule has 0 unspecified atom stereocenters. The monoisotopic (exact) mass is 192 g/mol. The van der Waals surface area contributed by atoms with Crippen molar-refractivity contribution in [1.82, 2.24) is 0 Å². The van der Waals surface area contributed by atoms with Crippen molar-refractivity contribution in [2.45, 2.75) is 0 Å². The van der Waals surface area contributed by atoms with Crippen LogP contribution in [-0.2, 0) is 4.74 Å². The first kappa shape index (κ1) is 10.7. The van der Waals surface area contributed by atoms with Crippen molar-refractivity contribution in [2.24, 2.45) is 0 Å². The normalized spacial score (nSPS) is 9.36. The number of methoxy groups -OCH3 is 1. The summed E-state index contributed by atoms with van der Waals surface area (Å²) in [7, 11) is 3.25. The molecule has 2 heteroatoms. The van der Waals surface area contributed by atoms with Gasteiger partial charge in [-0.25, -0.2) is 4.39 Å². The van der Waals surface area contributed by atoms with Crippen LogP contribution in [0.25, 0.3) is 10.8 Å². The number of hydrogen-bond donors (Lipinski definition) is 0. The summed E-state index contributed by atoms with van der Waals surface area (Å²) >= 11 is 0. The molecular formula is C12H13FO. The molecule has 0 atom stereocenters. The van der Waals surface area contributed by atoms with Crippen LogP contribution in [0.1, 0.15) is 0 Å². The molecule has 2 aromatic carbocycles. The van der Waals surface area contributed by atoms with Gasteiger partial charge in [0, 0.05) is 19.6 Å². The Morgan fingerprint density at radius 2 is 1.50 bits per heavy atom. The van der Waals surface area contributed by atoms with Gasteiger partial charge < -0.3 is 4.74 Å². The first-order valence-electron chi connectivity index (χ1n) is 4.33. The van der Waals surface area contributed by atoms with Crippen molar-refractivity contribution < 1.29 is 9.13 Å². The second-order valence-corrected chi connectivity index (χ2v) is 2.87. The van der Waals surface area contributed by atoms with E-state index < -0.39 is 0 Å². The van der Waals surface area contributed by atoms with Gasteiger partial charge in [-0.05, 0) is 11.5 Å². The molecule has 0 aliphatic carbocycles. The van der Waals surface area contributed by atoms with Crippen LogP contribution in [0, 0.1) is 5.82 Å². The molecule has 0 aromatic heterocycles. The minimum absolute atomic E-state index is 0.150. The molecule has 2 aromatic rings. The van der Waals surface area contributed by atoms with Crippen LogP contribution in [0.2, 0.25) is 0 Å². The van der Waals surface area contributed by atoms with Gasteiger partial charge in [0.2, 0.25) is 0 Å². The van der Waals surface area contributed by atoms with Gasteiger partial charge in [-0.15, -0.1) is 0 Å². The van der Waals surface area contributed by atoms with E-state index in [4.69, 9.17) is 0 Å². The van der Waals surface area contributed by atoms with E-state index in [9.17, 15) is 4.39 Å². The zero-order valence-electron chi connectivity index (χ0n) is 8.33. The molecule has 0 spiro atoms. The highest BCUT2D eigenvalue weighted by atomic mass is 19.1. The topological polar surface area (TPSA) is 9.23 Å². The van der Waals surface area contributed by atoms with Crippen LogP contribution in [0.5, 0.6) is 0 Å². The fourth-order valence-corrected chi connectivity index (χ4v) is 1.19. The van der Waals surface area contributed by atoms with Gasteiger partial charge in [-0.3, -0.25) is 0 Å². The highest BCUT2D eigenvalue weighted by Crippen LogP contribution is 2.15. The summed E-state index contributed by atoms with van der Waals surface area (Å²) in [6.45, 7) is 0. The molecule has 2 rings (SSSR count). The molecular weight excluding hydrogens is 179 g/mol. The predicted molar refractivity (Wildman–Crippen MR) is 56.8 cm³/mol. The Bertz CT molecular complexity index is 393. The summed E-state index contributed by atoms with van der Waals surface area (Å²) in [6.07, 6.45) is 0. The lowest BCUT2D eigenvalue weighted by molar-refractivity contribution is 0.277. The first-order valence-corrected chi connectivity index (χ1v) is 4.33. The molecule has 0 fully saturated rings. The van der Waals surface area contributed by atoms with Crippen molar-refractivity contribution in [1.29, 1.82) is 0 Å². The zero-order valence-corrected chi connectivity index (χ0v) is 8.33. The molecule has 0 saturated heterocycles. The van der Waals surface area contributed by atoms with Gasteiger partial charge in [0.25, 0.3) is 0 Å². The molecule has 0 radical (unpaired) electrons. The van der Waals surface area contributed by atoms with Gasteiger partial charge in [-0.1, -0.05) is 36.4 Å². The van der Waals surface area contributed by atoms with Crippen LogP contribution in [0.15, 0.2) is 42.5 Å². The summed E-state index contributed by atoms with van der Waals surface area (Å²) in [5, 5.41) is 1.64. The number of ether oxygens (including phenoxy) is 1. The number of fused-ring (bicyclic) bond motifs is 1. The van der Waals surface area contributed by atoms with Gasteiger partial charge >= 0.3 is 0 Å². The smallest absolute Gasteiger partial charge is 0.131 e. The van der Waals surface area contributed by atoms with E-state index >= 15 is 0 Å². The second-order valence-electron chi connectivity index (χ2n) is 2.87. The fourth-order valence-electron chi connectivity index (χ4n) is 1.19. The average Bonchev–Trinajstić information content (AvgIpc) is 2.20. The maximum Gasteiger partial charge on any atom is 0.131 e. The summed E-state index contributed by atoms with van der Waals surface area (Å²) < 4.78 is 17.2. The lowest BCUT2D eigenvalue weighted by atomic mass is 10.1. The minimum Gasteiger partial charge on any atom is -0.388 e. The Morgan fingerprint density at radius 1 is 0.929 bits per heavy atom. The largest absolute Gasteiger partial charge is 0.388 e. The molecule has 1 nitrogen and oxygen atoms in total. The van der Waals surface area contributed by atoms with E-state index in [0.29, 0.717) is 5.39 Å². The third-order valence-corrected chi connectivity index (χ3v) is 1.74. The fraction of sp³-hybridized carbons (Fsp3) is 0.167. The van der Waals surface area contributed by atoms with Crippen LogP contribution in [0.4, 0.5) is 4.39 Å². The van der Waals surface area contributed by atoms with Gasteiger partial charge in [-0.2, -0.15) is 0 Å². The molecule has 14 heavy (non-hydrogen) atoms. The minimum atomic E-state index is -0.150. The van der Waals surface area contributed by atoms with E-state index in [1.54, 1.807) is 26.4 Å². The Hall–Kier alpha value is -1.41. The number of halogens is 1. The number of rotatable bonds is 0. The van der Waals surface area contributed by atoms with Gasteiger partial charge in [0.15, 0.2) is 0 Å². The summed E-state index contributed by atoms with van der Waals surface area (Å²) in [4.78, 5) is 0. The second kappa shape index (κ2) is 5.35. The average molecular weight is 192 g/mol. The predicted octanol–water partition coefficient (Wildman–Crippen LogP) is 3.24. The SMILES string of the molecule is COC.Fc1cccc2ccccc12. The maximum absolute atomic E-state index is 13.0. The third-order valence-electron chi connectivity index (χ3n) is 1.74. The van der Waals surface area contributed by atoms with E-state index in [-0.39, 0.29) is 5.82 Å². The van der Waals surface area contributed by atoms with E-state index in [1.807, 2.05) is 24.3 Å². The molecule has 0 N–H and O–H groups in total. The molecule has 0 amide bonds. The number of benzene rings is 2. The quantitative estimate of drug-likeness (QED) is 0.622. The lowest BCUT2D eigenvalue weighted by Gasteiger charge is -1.95. The van der Waals surface area contributed by atoms with Crippen LogP contribution in [0.3, 0.4) is 0 Å². The zero-order chi connectivity index (χ0) is 10.4. The third kappa shape index (κ3) is 2.54. The molecule has 0 aliphatic rings. The van der Waals surface area contributed by atoms with Crippen molar-refractivity contribution in [3.8, 4) is 0 Å². The molecule has 0 heterocycles.